The van der Waals surface area contributed by atoms with Gasteiger partial charge in [0.05, 0.1) is 10.9 Å². The number of carbonyl (C=O) groups excluding carboxylic acids is 1. The van der Waals surface area contributed by atoms with Gasteiger partial charge in [-0.1, -0.05) is 11.6 Å². The Kier molecular flexibility index (Phi) is 5.25. The number of rotatable bonds is 6. The van der Waals surface area contributed by atoms with Crippen molar-refractivity contribution in [1.29, 1.82) is 0 Å². The van der Waals surface area contributed by atoms with Gasteiger partial charge in [0, 0.05) is 18.3 Å². The topological polar surface area (TPSA) is 106 Å². The number of carbonyl (C=O) groups is 1. The fourth-order valence-electron chi connectivity index (χ4n) is 2.08. The maximum absolute atomic E-state index is 12.2. The van der Waals surface area contributed by atoms with Gasteiger partial charge in [-0.05, 0) is 36.4 Å². The van der Waals surface area contributed by atoms with Crippen molar-refractivity contribution < 1.29 is 13.2 Å². The molecular formula is C15H14ClN5O3S2. The van der Waals surface area contributed by atoms with Crippen LogP contribution in [0.1, 0.15) is 16.2 Å². The molecule has 3 aromatic rings. The Balaban J connectivity index is 1.64. The maximum atomic E-state index is 12.2. The molecule has 1 aromatic carbocycles. The van der Waals surface area contributed by atoms with Crippen molar-refractivity contribution in [3.63, 3.8) is 0 Å². The molecule has 3 rings (SSSR count). The molecule has 0 radical (unpaired) electrons. The smallest absolute Gasteiger partial charge is 0.271 e. The molecule has 136 valence electrons. The highest BCUT2D eigenvalue weighted by Crippen LogP contribution is 2.27. The minimum absolute atomic E-state index is 0.119. The standard InChI is InChI=1S/C15H14ClN5O3S2/c1-21-13(18-9-19-21)8-17-15(22)10-2-4-11(5-3-10)20-26(23,24)14-7-6-12(16)25-14/h2-7,9,20H,8H2,1H3,(H,17,22). The molecule has 0 spiro atoms. The highest BCUT2D eigenvalue weighted by Gasteiger charge is 2.17. The molecule has 0 saturated carbocycles. The van der Waals surface area contributed by atoms with Crippen LogP contribution in [0.3, 0.4) is 0 Å². The average molecular weight is 412 g/mol. The fraction of sp³-hybridized carbons (Fsp3) is 0.133. The zero-order chi connectivity index (χ0) is 18.7. The Hall–Kier alpha value is -2.43. The summed E-state index contributed by atoms with van der Waals surface area (Å²) in [5, 5.41) is 6.65. The number of hydrogen-bond acceptors (Lipinski definition) is 6. The van der Waals surface area contributed by atoms with Crippen LogP contribution >= 0.6 is 22.9 Å². The van der Waals surface area contributed by atoms with Crippen molar-refractivity contribution in [2.45, 2.75) is 10.8 Å². The zero-order valence-electron chi connectivity index (χ0n) is 13.5. The number of sulfonamides is 1. The molecule has 0 aliphatic carbocycles. The molecule has 0 unspecified atom stereocenters. The number of nitrogens with zero attached hydrogens (tertiary/aromatic N) is 3. The normalized spacial score (nSPS) is 11.3. The van der Waals surface area contributed by atoms with Gasteiger partial charge in [-0.15, -0.1) is 11.3 Å². The summed E-state index contributed by atoms with van der Waals surface area (Å²) in [5.41, 5.74) is 0.744. The second-order valence-corrected chi connectivity index (χ2v) is 8.85. The molecule has 0 atom stereocenters. The van der Waals surface area contributed by atoms with Gasteiger partial charge in [0.15, 0.2) is 0 Å². The molecule has 0 saturated heterocycles. The van der Waals surface area contributed by atoms with E-state index in [1.807, 2.05) is 0 Å². The Morgan fingerprint density at radius 1 is 1.23 bits per heavy atom. The van der Waals surface area contributed by atoms with Crippen LogP contribution in [0.2, 0.25) is 4.34 Å². The lowest BCUT2D eigenvalue weighted by Crippen LogP contribution is -2.24. The Bertz CT molecular complexity index is 1030. The van der Waals surface area contributed by atoms with Gasteiger partial charge in [0.1, 0.15) is 16.4 Å². The summed E-state index contributed by atoms with van der Waals surface area (Å²) in [7, 11) is -1.97. The van der Waals surface area contributed by atoms with Gasteiger partial charge in [-0.3, -0.25) is 14.2 Å². The summed E-state index contributed by atoms with van der Waals surface area (Å²) < 4.78 is 29.0. The molecular weight excluding hydrogens is 398 g/mol. The van der Waals surface area contributed by atoms with Crippen LogP contribution in [-0.2, 0) is 23.6 Å². The van der Waals surface area contributed by atoms with E-state index in [-0.39, 0.29) is 16.7 Å². The summed E-state index contributed by atoms with van der Waals surface area (Å²) in [4.78, 5) is 16.2. The summed E-state index contributed by atoms with van der Waals surface area (Å²) in [6.45, 7) is 0.239. The lowest BCUT2D eigenvalue weighted by atomic mass is 10.2. The molecule has 0 aliphatic heterocycles. The first-order chi connectivity index (χ1) is 12.3. The highest BCUT2D eigenvalue weighted by molar-refractivity contribution is 7.94. The number of halogens is 1. The number of benzene rings is 1. The van der Waals surface area contributed by atoms with E-state index in [1.165, 1.54) is 42.7 Å². The van der Waals surface area contributed by atoms with Crippen LogP contribution in [0.15, 0.2) is 46.9 Å². The summed E-state index contributed by atoms with van der Waals surface area (Å²) >= 11 is 6.74. The number of thiophene rings is 1. The molecule has 0 aliphatic rings. The first-order valence-corrected chi connectivity index (χ1v) is 10.0. The Labute approximate surface area is 158 Å². The third-order valence-electron chi connectivity index (χ3n) is 3.42. The quantitative estimate of drug-likeness (QED) is 0.647. The number of amides is 1. The third-order valence-corrected chi connectivity index (χ3v) is 6.53. The number of nitrogens with one attached hydrogen (secondary N) is 2. The molecule has 2 aromatic heterocycles. The second-order valence-electron chi connectivity index (χ2n) is 5.22. The van der Waals surface area contributed by atoms with Crippen LogP contribution in [0.5, 0.6) is 0 Å². The van der Waals surface area contributed by atoms with Gasteiger partial charge in [0.25, 0.3) is 15.9 Å². The largest absolute Gasteiger partial charge is 0.345 e. The number of anilines is 1. The monoisotopic (exact) mass is 411 g/mol. The number of aromatic nitrogens is 3. The van der Waals surface area contributed by atoms with E-state index >= 15 is 0 Å². The van der Waals surface area contributed by atoms with Crippen LogP contribution in [0.4, 0.5) is 5.69 Å². The molecule has 1 amide bonds. The molecule has 2 heterocycles. The fourth-order valence-corrected chi connectivity index (χ4v) is 4.62. The van der Waals surface area contributed by atoms with Crippen molar-refractivity contribution in [1.82, 2.24) is 20.1 Å². The van der Waals surface area contributed by atoms with E-state index in [2.05, 4.69) is 20.1 Å². The summed E-state index contributed by atoms with van der Waals surface area (Å²) in [6.07, 6.45) is 1.41. The average Bonchev–Trinajstić information content (AvgIpc) is 3.22. The zero-order valence-corrected chi connectivity index (χ0v) is 15.9. The molecule has 11 heteroatoms. The predicted octanol–water partition coefficient (Wildman–Crippen LogP) is 2.26. The first-order valence-electron chi connectivity index (χ1n) is 7.34. The third kappa shape index (κ3) is 4.21. The lowest BCUT2D eigenvalue weighted by molar-refractivity contribution is 0.0949. The van der Waals surface area contributed by atoms with E-state index in [1.54, 1.807) is 11.7 Å². The molecule has 8 nitrogen and oxygen atoms in total. The van der Waals surface area contributed by atoms with Gasteiger partial charge >= 0.3 is 0 Å². The summed E-state index contributed by atoms with van der Waals surface area (Å²) in [6, 6.07) is 9.06. The van der Waals surface area contributed by atoms with Crippen molar-refractivity contribution >= 4 is 44.6 Å². The SMILES string of the molecule is Cn1ncnc1CNC(=O)c1ccc(NS(=O)(=O)c2ccc(Cl)s2)cc1. The molecule has 2 N–H and O–H groups in total. The van der Waals surface area contributed by atoms with E-state index in [9.17, 15) is 13.2 Å². The molecule has 0 fully saturated rings. The van der Waals surface area contributed by atoms with Gasteiger partial charge in [0.2, 0.25) is 0 Å². The van der Waals surface area contributed by atoms with Crippen molar-refractivity contribution in [2.24, 2.45) is 7.05 Å². The molecule has 26 heavy (non-hydrogen) atoms. The van der Waals surface area contributed by atoms with Crippen molar-refractivity contribution in [3.8, 4) is 0 Å². The van der Waals surface area contributed by atoms with E-state index in [0.29, 0.717) is 21.4 Å². The van der Waals surface area contributed by atoms with Crippen LogP contribution in [0, 0.1) is 0 Å². The number of aryl methyl sites for hydroxylation is 1. The summed E-state index contributed by atoms with van der Waals surface area (Å²) in [5.74, 6) is 0.324. The first kappa shape index (κ1) is 18.4. The minimum atomic E-state index is -3.70. The Morgan fingerprint density at radius 2 is 1.96 bits per heavy atom. The second kappa shape index (κ2) is 7.44. The highest BCUT2D eigenvalue weighted by atomic mass is 35.5. The van der Waals surface area contributed by atoms with Gasteiger partial charge in [-0.2, -0.15) is 5.10 Å². The lowest BCUT2D eigenvalue weighted by Gasteiger charge is -2.08. The number of hydrogen-bond donors (Lipinski definition) is 2. The molecule has 0 bridgehead atoms. The van der Waals surface area contributed by atoms with Gasteiger partial charge in [-0.25, -0.2) is 13.4 Å². The van der Waals surface area contributed by atoms with Gasteiger partial charge < -0.3 is 5.32 Å². The van der Waals surface area contributed by atoms with Crippen LogP contribution < -0.4 is 10.0 Å². The van der Waals surface area contributed by atoms with E-state index < -0.39 is 10.0 Å². The van der Waals surface area contributed by atoms with Crippen molar-refractivity contribution in [3.05, 3.63) is 58.4 Å². The van der Waals surface area contributed by atoms with E-state index in [0.717, 1.165) is 11.3 Å². The van der Waals surface area contributed by atoms with E-state index in [4.69, 9.17) is 11.6 Å². The van der Waals surface area contributed by atoms with Crippen LogP contribution in [0.25, 0.3) is 0 Å². The van der Waals surface area contributed by atoms with Crippen LogP contribution in [-0.4, -0.2) is 29.1 Å². The predicted molar refractivity (Wildman–Crippen MR) is 98.8 cm³/mol. The Morgan fingerprint density at radius 3 is 2.54 bits per heavy atom. The minimum Gasteiger partial charge on any atom is -0.345 e. The maximum Gasteiger partial charge on any atom is 0.271 e. The van der Waals surface area contributed by atoms with Crippen molar-refractivity contribution in [2.75, 3.05) is 4.72 Å².